The zero-order chi connectivity index (χ0) is 13.2. The van der Waals surface area contributed by atoms with Crippen LogP contribution in [0.15, 0.2) is 12.4 Å². The molecule has 1 saturated carbocycles. The molecule has 1 heterocycles. The Hall–Kier alpha value is -1.49. The molecule has 0 bridgehead atoms. The molecule has 1 aromatic heterocycles. The fourth-order valence-corrected chi connectivity index (χ4v) is 2.36. The molecule has 5 heteroatoms. The van der Waals surface area contributed by atoms with Crippen LogP contribution in [0.5, 0.6) is 0 Å². The maximum atomic E-state index is 12.2. The van der Waals surface area contributed by atoms with Gasteiger partial charge < -0.3 is 11.1 Å². The van der Waals surface area contributed by atoms with E-state index in [2.05, 4.69) is 15.3 Å². The molecule has 0 aromatic carbocycles. The Morgan fingerprint density at radius 2 is 2.33 bits per heavy atom. The molecule has 2 unspecified atom stereocenters. The van der Waals surface area contributed by atoms with Gasteiger partial charge in [-0.05, 0) is 26.7 Å². The van der Waals surface area contributed by atoms with Crippen LogP contribution in [0.2, 0.25) is 0 Å². The molecular weight excluding hydrogens is 228 g/mol. The molecule has 1 amide bonds. The van der Waals surface area contributed by atoms with Gasteiger partial charge in [0.1, 0.15) is 0 Å². The van der Waals surface area contributed by atoms with Crippen LogP contribution in [0.1, 0.15) is 37.6 Å². The van der Waals surface area contributed by atoms with E-state index < -0.39 is 5.41 Å². The van der Waals surface area contributed by atoms with E-state index in [1.807, 2.05) is 13.8 Å². The summed E-state index contributed by atoms with van der Waals surface area (Å²) in [6.07, 6.45) is 6.19. The summed E-state index contributed by atoms with van der Waals surface area (Å²) in [5.74, 6) is 0.0230. The summed E-state index contributed by atoms with van der Waals surface area (Å²) in [4.78, 5) is 20.5. The fraction of sp³-hybridized carbons (Fsp3) is 0.615. The number of carbonyl (C=O) groups excluding carboxylic acids is 1. The number of carbonyl (C=O) groups is 1. The number of hydrogen-bond acceptors (Lipinski definition) is 4. The quantitative estimate of drug-likeness (QED) is 0.833. The number of rotatable bonds is 3. The highest BCUT2D eigenvalue weighted by atomic mass is 16.2. The maximum absolute atomic E-state index is 12.2. The topological polar surface area (TPSA) is 80.9 Å². The van der Waals surface area contributed by atoms with Gasteiger partial charge in [-0.3, -0.25) is 14.8 Å². The molecular formula is C13H20N4O. The van der Waals surface area contributed by atoms with E-state index >= 15 is 0 Å². The second kappa shape index (κ2) is 5.02. The number of aryl methyl sites for hydroxylation is 1. The first-order valence-corrected chi connectivity index (χ1v) is 6.34. The number of hydrogen-bond donors (Lipinski definition) is 2. The van der Waals surface area contributed by atoms with Crippen molar-refractivity contribution < 1.29 is 4.79 Å². The van der Waals surface area contributed by atoms with Gasteiger partial charge >= 0.3 is 0 Å². The summed E-state index contributed by atoms with van der Waals surface area (Å²) >= 11 is 0. The van der Waals surface area contributed by atoms with E-state index in [9.17, 15) is 4.79 Å². The lowest BCUT2D eigenvalue weighted by atomic mass is 9.84. The van der Waals surface area contributed by atoms with E-state index in [0.717, 1.165) is 30.7 Å². The first-order valence-electron chi connectivity index (χ1n) is 6.34. The van der Waals surface area contributed by atoms with Gasteiger partial charge in [0.15, 0.2) is 0 Å². The molecule has 1 aliphatic rings. The Kier molecular flexibility index (Phi) is 3.61. The van der Waals surface area contributed by atoms with Crippen molar-refractivity contribution in [2.75, 3.05) is 0 Å². The molecule has 1 aromatic rings. The molecule has 1 aliphatic carbocycles. The van der Waals surface area contributed by atoms with Crippen molar-refractivity contribution >= 4 is 5.91 Å². The lowest BCUT2D eigenvalue weighted by Gasteiger charge is -2.27. The van der Waals surface area contributed by atoms with E-state index in [0.29, 0.717) is 6.54 Å². The summed E-state index contributed by atoms with van der Waals surface area (Å²) < 4.78 is 0. The van der Waals surface area contributed by atoms with Crippen LogP contribution in [0.25, 0.3) is 0 Å². The molecule has 1 fully saturated rings. The highest BCUT2D eigenvalue weighted by Gasteiger charge is 2.42. The zero-order valence-electron chi connectivity index (χ0n) is 10.9. The summed E-state index contributed by atoms with van der Waals surface area (Å²) in [6, 6.07) is -0.0402. The second-order valence-electron chi connectivity index (χ2n) is 5.25. The van der Waals surface area contributed by atoms with Gasteiger partial charge in [0.2, 0.25) is 5.91 Å². The van der Waals surface area contributed by atoms with Crippen LogP contribution in [-0.4, -0.2) is 21.9 Å². The Balaban J connectivity index is 1.94. The van der Waals surface area contributed by atoms with Crippen LogP contribution >= 0.6 is 0 Å². The number of amides is 1. The van der Waals surface area contributed by atoms with Crippen LogP contribution in [0.3, 0.4) is 0 Å². The highest BCUT2D eigenvalue weighted by molar-refractivity contribution is 5.83. The van der Waals surface area contributed by atoms with Gasteiger partial charge in [0, 0.05) is 12.2 Å². The number of nitrogens with one attached hydrogen (secondary N) is 1. The molecule has 0 saturated heterocycles. The highest BCUT2D eigenvalue weighted by Crippen LogP contribution is 2.36. The van der Waals surface area contributed by atoms with Crippen molar-refractivity contribution in [1.29, 1.82) is 0 Å². The predicted molar refractivity (Wildman–Crippen MR) is 68.5 cm³/mol. The van der Waals surface area contributed by atoms with Crippen molar-refractivity contribution in [1.82, 2.24) is 15.3 Å². The van der Waals surface area contributed by atoms with Gasteiger partial charge in [-0.15, -0.1) is 0 Å². The first-order chi connectivity index (χ1) is 8.52. The number of aromatic nitrogens is 2. The van der Waals surface area contributed by atoms with E-state index in [1.54, 1.807) is 12.4 Å². The summed E-state index contributed by atoms with van der Waals surface area (Å²) in [7, 11) is 0. The molecule has 0 aliphatic heterocycles. The Morgan fingerprint density at radius 3 is 2.89 bits per heavy atom. The van der Waals surface area contributed by atoms with Crippen molar-refractivity contribution in [2.45, 2.75) is 45.7 Å². The average molecular weight is 248 g/mol. The summed E-state index contributed by atoms with van der Waals surface area (Å²) in [5, 5.41) is 2.91. The Labute approximate surface area is 107 Å². The number of nitrogens with two attached hydrogens (primary N) is 1. The van der Waals surface area contributed by atoms with Gasteiger partial charge in [-0.1, -0.05) is 6.42 Å². The van der Waals surface area contributed by atoms with Gasteiger partial charge in [0.25, 0.3) is 0 Å². The van der Waals surface area contributed by atoms with Crippen LogP contribution < -0.4 is 11.1 Å². The van der Waals surface area contributed by atoms with E-state index in [1.165, 1.54) is 0 Å². The second-order valence-corrected chi connectivity index (χ2v) is 5.25. The molecule has 0 radical (unpaired) electrons. The van der Waals surface area contributed by atoms with Crippen molar-refractivity contribution in [3.05, 3.63) is 23.8 Å². The minimum absolute atomic E-state index is 0.0230. The molecule has 5 nitrogen and oxygen atoms in total. The minimum atomic E-state index is -0.432. The predicted octanol–water partition coefficient (Wildman–Crippen LogP) is 0.919. The van der Waals surface area contributed by atoms with Gasteiger partial charge in [-0.2, -0.15) is 0 Å². The minimum Gasteiger partial charge on any atom is -0.350 e. The molecule has 98 valence electrons. The van der Waals surface area contributed by atoms with Crippen molar-refractivity contribution in [3.8, 4) is 0 Å². The van der Waals surface area contributed by atoms with Crippen LogP contribution in [0, 0.1) is 12.3 Å². The summed E-state index contributed by atoms with van der Waals surface area (Å²) in [5.41, 5.74) is 7.22. The standard InChI is InChI=1S/C13H20N4O/c1-9-6-16-10(7-15-9)8-17-12(18)13(2)5-3-4-11(13)14/h6-7,11H,3-5,8,14H2,1-2H3,(H,17,18). The Morgan fingerprint density at radius 1 is 1.56 bits per heavy atom. The van der Waals surface area contributed by atoms with Gasteiger partial charge in [0.05, 0.1) is 29.5 Å². The van der Waals surface area contributed by atoms with E-state index in [-0.39, 0.29) is 11.9 Å². The largest absolute Gasteiger partial charge is 0.350 e. The Bertz CT molecular complexity index is 431. The zero-order valence-corrected chi connectivity index (χ0v) is 10.9. The summed E-state index contributed by atoms with van der Waals surface area (Å²) in [6.45, 7) is 4.24. The van der Waals surface area contributed by atoms with Gasteiger partial charge in [-0.25, -0.2) is 0 Å². The first kappa shape index (κ1) is 13.0. The van der Waals surface area contributed by atoms with Crippen molar-refractivity contribution in [3.63, 3.8) is 0 Å². The van der Waals surface area contributed by atoms with Crippen LogP contribution in [0.4, 0.5) is 0 Å². The molecule has 2 rings (SSSR count). The lowest BCUT2D eigenvalue weighted by molar-refractivity contribution is -0.130. The molecule has 3 N–H and O–H groups in total. The average Bonchev–Trinajstić information content (AvgIpc) is 2.70. The lowest BCUT2D eigenvalue weighted by Crippen LogP contribution is -2.47. The monoisotopic (exact) mass is 248 g/mol. The fourth-order valence-electron chi connectivity index (χ4n) is 2.36. The van der Waals surface area contributed by atoms with E-state index in [4.69, 9.17) is 5.73 Å². The third-order valence-electron chi connectivity index (χ3n) is 3.81. The smallest absolute Gasteiger partial charge is 0.227 e. The van der Waals surface area contributed by atoms with Crippen molar-refractivity contribution in [2.24, 2.45) is 11.1 Å². The maximum Gasteiger partial charge on any atom is 0.227 e. The third kappa shape index (κ3) is 2.51. The SMILES string of the molecule is Cc1cnc(CNC(=O)C2(C)CCCC2N)cn1. The normalized spacial score (nSPS) is 27.2. The molecule has 0 spiro atoms. The number of nitrogens with zero attached hydrogens (tertiary/aromatic N) is 2. The molecule has 18 heavy (non-hydrogen) atoms. The molecule has 2 atom stereocenters. The van der Waals surface area contributed by atoms with Crippen LogP contribution in [-0.2, 0) is 11.3 Å². The third-order valence-corrected chi connectivity index (χ3v) is 3.81.